The molecule has 2 atom stereocenters. The van der Waals surface area contributed by atoms with Crippen LogP contribution in [0, 0.1) is 5.41 Å². The number of rotatable bonds is 6. The molecule has 3 rings (SSSR count). The van der Waals surface area contributed by atoms with Crippen molar-refractivity contribution in [1.29, 1.82) is 0 Å². The van der Waals surface area contributed by atoms with E-state index in [1.807, 2.05) is 0 Å². The molecule has 1 aliphatic carbocycles. The van der Waals surface area contributed by atoms with Crippen LogP contribution in [0.25, 0.3) is 0 Å². The van der Waals surface area contributed by atoms with E-state index in [2.05, 4.69) is 29.0 Å². The molecule has 0 aromatic heterocycles. The number of nitrogens with zero attached hydrogens (tertiary/aromatic N) is 2. The van der Waals surface area contributed by atoms with Crippen LogP contribution in [0.15, 0.2) is 0 Å². The second-order valence-corrected chi connectivity index (χ2v) is 8.06. The molecule has 5 nitrogen and oxygen atoms in total. The fourth-order valence-electron chi connectivity index (χ4n) is 4.52. The zero-order valence-electron chi connectivity index (χ0n) is 15.0. The van der Waals surface area contributed by atoms with E-state index in [9.17, 15) is 4.79 Å². The summed E-state index contributed by atoms with van der Waals surface area (Å²) < 4.78 is 5.20. The van der Waals surface area contributed by atoms with Gasteiger partial charge in [-0.2, -0.15) is 0 Å². The summed E-state index contributed by atoms with van der Waals surface area (Å²) >= 11 is 0. The van der Waals surface area contributed by atoms with Gasteiger partial charge in [-0.25, -0.2) is 4.79 Å². The number of fused-ring (bicyclic) bond motifs is 2. The van der Waals surface area contributed by atoms with E-state index in [4.69, 9.17) is 4.74 Å². The zero-order valence-corrected chi connectivity index (χ0v) is 15.0. The molecule has 132 valence electrons. The van der Waals surface area contributed by atoms with Crippen molar-refractivity contribution < 1.29 is 9.53 Å². The van der Waals surface area contributed by atoms with Crippen LogP contribution in [0.4, 0.5) is 4.79 Å². The monoisotopic (exact) mass is 323 g/mol. The van der Waals surface area contributed by atoms with Crippen molar-refractivity contribution in [3.8, 4) is 0 Å². The lowest BCUT2D eigenvalue weighted by Gasteiger charge is -2.32. The normalized spacial score (nSPS) is 29.7. The summed E-state index contributed by atoms with van der Waals surface area (Å²) in [6.45, 7) is 7.98. The first-order valence-corrected chi connectivity index (χ1v) is 9.34. The Labute approximate surface area is 140 Å². The molecule has 0 aromatic carbocycles. The van der Waals surface area contributed by atoms with Gasteiger partial charge in [-0.1, -0.05) is 0 Å². The summed E-state index contributed by atoms with van der Waals surface area (Å²) in [7, 11) is 1.75. The second kappa shape index (κ2) is 6.98. The van der Waals surface area contributed by atoms with Crippen LogP contribution in [0.2, 0.25) is 0 Å². The van der Waals surface area contributed by atoms with E-state index in [1.54, 1.807) is 7.11 Å². The molecular formula is C18H33N3O2. The van der Waals surface area contributed by atoms with Crippen LogP contribution in [0.1, 0.15) is 52.4 Å². The third-order valence-electron chi connectivity index (χ3n) is 6.13. The highest BCUT2D eigenvalue weighted by atomic mass is 16.5. The third-order valence-corrected chi connectivity index (χ3v) is 6.13. The molecule has 0 spiro atoms. The molecule has 5 heteroatoms. The standard InChI is InChI=1S/C18H33N3O2/c1-14(2)21-15-4-5-16(21)12-20(10-6-15)17(22)19-13-18(7-8-18)9-11-23-3/h14-16H,4-13H2,1-3H3,(H,19,22). The molecule has 2 bridgehead atoms. The van der Waals surface area contributed by atoms with E-state index < -0.39 is 0 Å². The fraction of sp³-hybridized carbons (Fsp3) is 0.944. The number of hydrogen-bond acceptors (Lipinski definition) is 3. The fourth-order valence-corrected chi connectivity index (χ4v) is 4.52. The molecular weight excluding hydrogens is 290 g/mol. The van der Waals surface area contributed by atoms with Gasteiger partial charge < -0.3 is 15.0 Å². The smallest absolute Gasteiger partial charge is 0.317 e. The van der Waals surface area contributed by atoms with Gasteiger partial charge in [0, 0.05) is 51.5 Å². The van der Waals surface area contributed by atoms with Crippen LogP contribution in [0.3, 0.4) is 0 Å². The van der Waals surface area contributed by atoms with Crippen molar-refractivity contribution in [2.24, 2.45) is 5.41 Å². The van der Waals surface area contributed by atoms with Crippen molar-refractivity contribution in [3.63, 3.8) is 0 Å². The first kappa shape index (κ1) is 17.0. The molecule has 2 aliphatic heterocycles. The van der Waals surface area contributed by atoms with Gasteiger partial charge in [-0.15, -0.1) is 0 Å². The Balaban J connectivity index is 1.51. The van der Waals surface area contributed by atoms with E-state index >= 15 is 0 Å². The highest BCUT2D eigenvalue weighted by Gasteiger charge is 2.43. The number of ether oxygens (including phenoxy) is 1. The second-order valence-electron chi connectivity index (χ2n) is 8.06. The van der Waals surface area contributed by atoms with Crippen molar-refractivity contribution >= 4 is 6.03 Å². The number of urea groups is 1. The topological polar surface area (TPSA) is 44.8 Å². The first-order chi connectivity index (χ1) is 11.0. The molecule has 3 aliphatic rings. The summed E-state index contributed by atoms with van der Waals surface area (Å²) in [6.07, 6.45) is 7.18. The van der Waals surface area contributed by atoms with Gasteiger partial charge in [0.1, 0.15) is 0 Å². The zero-order chi connectivity index (χ0) is 16.4. The Kier molecular flexibility index (Phi) is 5.16. The minimum Gasteiger partial charge on any atom is -0.385 e. The maximum absolute atomic E-state index is 12.6. The number of likely N-dealkylation sites (tertiary alicyclic amines) is 1. The van der Waals surface area contributed by atoms with Crippen LogP contribution in [-0.2, 0) is 4.74 Å². The lowest BCUT2D eigenvalue weighted by atomic mass is 10.0. The molecule has 2 unspecified atom stereocenters. The van der Waals surface area contributed by atoms with Gasteiger partial charge in [-0.3, -0.25) is 4.90 Å². The average molecular weight is 323 g/mol. The Morgan fingerprint density at radius 2 is 2.00 bits per heavy atom. The Bertz CT molecular complexity index is 422. The lowest BCUT2D eigenvalue weighted by molar-refractivity contribution is 0.145. The highest BCUT2D eigenvalue weighted by molar-refractivity contribution is 5.74. The minimum absolute atomic E-state index is 0.143. The molecule has 1 N–H and O–H groups in total. The summed E-state index contributed by atoms with van der Waals surface area (Å²) in [5.41, 5.74) is 0.320. The van der Waals surface area contributed by atoms with Gasteiger partial charge in [0.2, 0.25) is 0 Å². The van der Waals surface area contributed by atoms with Crippen molar-refractivity contribution in [2.75, 3.05) is 33.4 Å². The average Bonchev–Trinajstić information content (AvgIpc) is 3.21. The SMILES string of the molecule is COCCC1(CNC(=O)N2CCC3CCC(C2)N3C(C)C)CC1. The summed E-state index contributed by atoms with van der Waals surface area (Å²) in [5.74, 6) is 0. The summed E-state index contributed by atoms with van der Waals surface area (Å²) in [6, 6.07) is 1.95. The lowest BCUT2D eigenvalue weighted by Crippen LogP contribution is -2.47. The Hall–Kier alpha value is -0.810. The minimum atomic E-state index is 0.143. The summed E-state index contributed by atoms with van der Waals surface area (Å²) in [5, 5.41) is 3.21. The largest absolute Gasteiger partial charge is 0.385 e. The van der Waals surface area contributed by atoms with Crippen LogP contribution in [-0.4, -0.2) is 67.3 Å². The number of nitrogens with one attached hydrogen (secondary N) is 1. The number of carbonyl (C=O) groups is 1. The van der Waals surface area contributed by atoms with Crippen LogP contribution in [0.5, 0.6) is 0 Å². The molecule has 3 fully saturated rings. The molecule has 1 saturated carbocycles. The maximum Gasteiger partial charge on any atom is 0.317 e. The van der Waals surface area contributed by atoms with E-state index in [0.717, 1.165) is 39.1 Å². The predicted octanol–water partition coefficient (Wildman–Crippen LogP) is 2.46. The number of methoxy groups -OCH3 is 1. The van der Waals surface area contributed by atoms with Gasteiger partial charge in [0.05, 0.1) is 0 Å². The van der Waals surface area contributed by atoms with Gasteiger partial charge >= 0.3 is 6.03 Å². The van der Waals surface area contributed by atoms with Gasteiger partial charge in [0.15, 0.2) is 0 Å². The van der Waals surface area contributed by atoms with E-state index in [-0.39, 0.29) is 6.03 Å². The number of amides is 2. The Morgan fingerprint density at radius 3 is 2.65 bits per heavy atom. The third kappa shape index (κ3) is 3.82. The molecule has 0 radical (unpaired) electrons. The predicted molar refractivity (Wildman–Crippen MR) is 91.5 cm³/mol. The van der Waals surface area contributed by atoms with Gasteiger partial charge in [-0.05, 0) is 57.8 Å². The van der Waals surface area contributed by atoms with E-state index in [1.165, 1.54) is 25.7 Å². The Morgan fingerprint density at radius 1 is 1.26 bits per heavy atom. The number of carbonyl (C=O) groups excluding carboxylic acids is 1. The van der Waals surface area contributed by atoms with Crippen molar-refractivity contribution in [3.05, 3.63) is 0 Å². The van der Waals surface area contributed by atoms with Crippen LogP contribution >= 0.6 is 0 Å². The quantitative estimate of drug-likeness (QED) is 0.817. The molecule has 2 heterocycles. The molecule has 23 heavy (non-hydrogen) atoms. The molecule has 0 aromatic rings. The summed E-state index contributed by atoms with van der Waals surface area (Å²) in [4.78, 5) is 17.3. The molecule has 2 amide bonds. The van der Waals surface area contributed by atoms with Gasteiger partial charge in [0.25, 0.3) is 0 Å². The van der Waals surface area contributed by atoms with Crippen molar-refractivity contribution in [1.82, 2.24) is 15.1 Å². The highest BCUT2D eigenvalue weighted by Crippen LogP contribution is 2.48. The van der Waals surface area contributed by atoms with Crippen molar-refractivity contribution in [2.45, 2.75) is 70.5 Å². The maximum atomic E-state index is 12.6. The van der Waals surface area contributed by atoms with Crippen LogP contribution < -0.4 is 5.32 Å². The molecule has 2 saturated heterocycles. The van der Waals surface area contributed by atoms with E-state index in [0.29, 0.717) is 23.5 Å². The number of hydrogen-bond donors (Lipinski definition) is 1. The first-order valence-electron chi connectivity index (χ1n) is 9.34.